The van der Waals surface area contributed by atoms with E-state index in [9.17, 15) is 0 Å². The minimum Gasteiger partial charge on any atom is -0.395 e. The monoisotopic (exact) mass is 234 g/mol. The minimum absolute atomic E-state index is 0.000313. The lowest BCUT2D eigenvalue weighted by Crippen LogP contribution is -2.49. The summed E-state index contributed by atoms with van der Waals surface area (Å²) >= 11 is 4.40. The average Bonchev–Trinajstić information content (AvgIpc) is 2.26. The van der Waals surface area contributed by atoms with E-state index in [1.165, 1.54) is 0 Å². The van der Waals surface area contributed by atoms with Crippen LogP contribution in [0.1, 0.15) is 19.8 Å². The molecule has 1 fully saturated rings. The molecule has 0 aromatic heterocycles. The van der Waals surface area contributed by atoms with E-state index in [1.54, 1.807) is 0 Å². The van der Waals surface area contributed by atoms with E-state index in [1.807, 2.05) is 0 Å². The fraction of sp³-hybridized carbons (Fsp3) is 1.00. The highest BCUT2D eigenvalue weighted by Gasteiger charge is 2.22. The van der Waals surface area contributed by atoms with Gasteiger partial charge in [0.25, 0.3) is 0 Å². The van der Waals surface area contributed by atoms with Crippen molar-refractivity contribution < 1.29 is 10.2 Å². The van der Waals surface area contributed by atoms with Crippen molar-refractivity contribution in [3.05, 3.63) is 0 Å². The Kier molecular flexibility index (Phi) is 5.92. The van der Waals surface area contributed by atoms with Gasteiger partial charge in [0.1, 0.15) is 0 Å². The maximum absolute atomic E-state index is 8.95. The molecule has 1 atom stereocenters. The maximum Gasteiger partial charge on any atom is 0.0607 e. The standard InChI is InChI=1S/C10H22N2O2S/c1-8(15)12-4-2-9(3-5-12)11-10(6-13)7-14/h8-11,13-15H,2-7H2,1H3. The Morgan fingerprint density at radius 1 is 1.33 bits per heavy atom. The van der Waals surface area contributed by atoms with Gasteiger partial charge < -0.3 is 15.5 Å². The summed E-state index contributed by atoms with van der Waals surface area (Å²) < 4.78 is 0. The first-order chi connectivity index (χ1) is 7.17. The van der Waals surface area contributed by atoms with Crippen LogP contribution in [0.4, 0.5) is 0 Å². The first-order valence-electron chi connectivity index (χ1n) is 5.57. The molecule has 1 rings (SSSR count). The normalized spacial score (nSPS) is 22.2. The molecule has 0 spiro atoms. The van der Waals surface area contributed by atoms with Crippen molar-refractivity contribution in [2.24, 2.45) is 0 Å². The van der Waals surface area contributed by atoms with Crippen LogP contribution in [0.2, 0.25) is 0 Å². The number of hydrogen-bond acceptors (Lipinski definition) is 5. The maximum atomic E-state index is 8.95. The van der Waals surface area contributed by atoms with Gasteiger partial charge in [-0.05, 0) is 19.8 Å². The molecular weight excluding hydrogens is 212 g/mol. The minimum atomic E-state index is -0.171. The second-order valence-electron chi connectivity index (χ2n) is 4.17. The van der Waals surface area contributed by atoms with Gasteiger partial charge in [0.05, 0.1) is 19.3 Å². The van der Waals surface area contributed by atoms with Crippen molar-refractivity contribution in [3.8, 4) is 0 Å². The number of aliphatic hydroxyl groups excluding tert-OH is 2. The van der Waals surface area contributed by atoms with Crippen LogP contribution in [0.5, 0.6) is 0 Å². The lowest BCUT2D eigenvalue weighted by molar-refractivity contribution is 0.135. The number of nitrogens with one attached hydrogen (secondary N) is 1. The van der Waals surface area contributed by atoms with Gasteiger partial charge in [-0.25, -0.2) is 0 Å². The summed E-state index contributed by atoms with van der Waals surface area (Å²) in [5.74, 6) is 0. The topological polar surface area (TPSA) is 55.7 Å². The number of nitrogens with zero attached hydrogens (tertiary/aromatic N) is 1. The van der Waals surface area contributed by atoms with Gasteiger partial charge in [-0.2, -0.15) is 12.6 Å². The Balaban J connectivity index is 2.25. The Morgan fingerprint density at radius 2 is 1.87 bits per heavy atom. The second-order valence-corrected chi connectivity index (χ2v) is 4.92. The Morgan fingerprint density at radius 3 is 2.27 bits per heavy atom. The third-order valence-electron chi connectivity index (χ3n) is 2.97. The summed E-state index contributed by atoms with van der Waals surface area (Å²) in [6.07, 6.45) is 2.11. The van der Waals surface area contributed by atoms with E-state index in [0.29, 0.717) is 11.4 Å². The summed E-state index contributed by atoms with van der Waals surface area (Å²) in [6, 6.07) is 0.243. The van der Waals surface area contributed by atoms with Crippen LogP contribution in [-0.4, -0.2) is 58.9 Å². The van der Waals surface area contributed by atoms with Crippen LogP contribution >= 0.6 is 12.6 Å². The highest BCUT2D eigenvalue weighted by molar-refractivity contribution is 7.80. The lowest BCUT2D eigenvalue weighted by Gasteiger charge is -2.35. The molecule has 0 aromatic rings. The third-order valence-corrected chi connectivity index (χ3v) is 3.30. The number of aliphatic hydroxyl groups is 2. The quantitative estimate of drug-likeness (QED) is 0.492. The van der Waals surface area contributed by atoms with E-state index in [0.717, 1.165) is 25.9 Å². The zero-order valence-corrected chi connectivity index (χ0v) is 10.2. The van der Waals surface area contributed by atoms with Crippen LogP contribution in [-0.2, 0) is 0 Å². The Hall–Kier alpha value is 0.190. The van der Waals surface area contributed by atoms with Crippen molar-refractivity contribution >= 4 is 12.6 Å². The predicted octanol–water partition coefficient (Wildman–Crippen LogP) is -0.331. The van der Waals surface area contributed by atoms with E-state index in [4.69, 9.17) is 10.2 Å². The summed E-state index contributed by atoms with van der Waals surface area (Å²) in [6.45, 7) is 4.15. The number of rotatable bonds is 5. The smallest absolute Gasteiger partial charge is 0.0607 e. The molecule has 0 radical (unpaired) electrons. The molecule has 0 aromatic carbocycles. The summed E-state index contributed by atoms with van der Waals surface area (Å²) in [4.78, 5) is 2.33. The van der Waals surface area contributed by atoms with Gasteiger partial charge >= 0.3 is 0 Å². The van der Waals surface area contributed by atoms with E-state index in [-0.39, 0.29) is 19.3 Å². The van der Waals surface area contributed by atoms with Crippen LogP contribution < -0.4 is 5.32 Å². The SMILES string of the molecule is CC(S)N1CCC(NC(CO)CO)CC1. The van der Waals surface area contributed by atoms with Gasteiger partial charge in [0.2, 0.25) is 0 Å². The van der Waals surface area contributed by atoms with E-state index < -0.39 is 0 Å². The molecule has 0 amide bonds. The first kappa shape index (κ1) is 13.3. The van der Waals surface area contributed by atoms with Crippen LogP contribution in [0.25, 0.3) is 0 Å². The largest absolute Gasteiger partial charge is 0.395 e. The van der Waals surface area contributed by atoms with Gasteiger partial charge in [-0.3, -0.25) is 4.90 Å². The van der Waals surface area contributed by atoms with E-state index in [2.05, 4.69) is 29.8 Å². The predicted molar refractivity (Wildman–Crippen MR) is 64.1 cm³/mol. The first-order valence-corrected chi connectivity index (χ1v) is 6.09. The van der Waals surface area contributed by atoms with Gasteiger partial charge in [0.15, 0.2) is 0 Å². The van der Waals surface area contributed by atoms with Crippen molar-refractivity contribution in [1.82, 2.24) is 10.2 Å². The average molecular weight is 234 g/mol. The molecule has 1 aliphatic heterocycles. The van der Waals surface area contributed by atoms with Crippen molar-refractivity contribution in [1.29, 1.82) is 0 Å². The number of likely N-dealkylation sites (tertiary alicyclic amines) is 1. The molecule has 1 saturated heterocycles. The second kappa shape index (κ2) is 6.70. The summed E-state index contributed by atoms with van der Waals surface area (Å²) in [5, 5.41) is 21.5. The van der Waals surface area contributed by atoms with Gasteiger partial charge in [0, 0.05) is 24.5 Å². The van der Waals surface area contributed by atoms with Crippen molar-refractivity contribution in [2.75, 3.05) is 26.3 Å². The van der Waals surface area contributed by atoms with Crippen LogP contribution in [0.3, 0.4) is 0 Å². The molecule has 15 heavy (non-hydrogen) atoms. The fourth-order valence-electron chi connectivity index (χ4n) is 1.94. The molecule has 4 nitrogen and oxygen atoms in total. The molecule has 3 N–H and O–H groups in total. The molecule has 90 valence electrons. The molecule has 1 unspecified atom stereocenters. The van der Waals surface area contributed by atoms with Crippen LogP contribution in [0, 0.1) is 0 Å². The number of thiol groups is 1. The summed E-state index contributed by atoms with van der Waals surface area (Å²) in [7, 11) is 0. The zero-order chi connectivity index (χ0) is 11.3. The number of piperidine rings is 1. The van der Waals surface area contributed by atoms with Crippen molar-refractivity contribution in [2.45, 2.75) is 37.2 Å². The summed E-state index contributed by atoms with van der Waals surface area (Å²) in [5.41, 5.74) is 0. The Labute approximate surface area is 97.1 Å². The van der Waals surface area contributed by atoms with Crippen molar-refractivity contribution in [3.63, 3.8) is 0 Å². The lowest BCUT2D eigenvalue weighted by atomic mass is 10.0. The van der Waals surface area contributed by atoms with Crippen LogP contribution in [0.15, 0.2) is 0 Å². The fourth-order valence-corrected chi connectivity index (χ4v) is 2.17. The third kappa shape index (κ3) is 4.28. The molecule has 1 aliphatic rings. The highest BCUT2D eigenvalue weighted by Crippen LogP contribution is 2.14. The molecule has 1 heterocycles. The molecule has 0 aliphatic carbocycles. The highest BCUT2D eigenvalue weighted by atomic mass is 32.1. The molecule has 5 heteroatoms. The molecule has 0 bridgehead atoms. The molecule has 0 saturated carbocycles. The Bertz CT molecular complexity index is 169. The van der Waals surface area contributed by atoms with Gasteiger partial charge in [-0.15, -0.1) is 0 Å². The van der Waals surface area contributed by atoms with E-state index >= 15 is 0 Å². The molecular formula is C10H22N2O2S. The number of hydrogen-bond donors (Lipinski definition) is 4. The zero-order valence-electron chi connectivity index (χ0n) is 9.26. The van der Waals surface area contributed by atoms with Gasteiger partial charge in [-0.1, -0.05) is 0 Å².